The molecule has 0 radical (unpaired) electrons. The minimum Gasteiger partial charge on any atom is -0.348 e. The Kier molecular flexibility index (Phi) is 3.79. The van der Waals surface area contributed by atoms with Crippen LogP contribution in [0.5, 0.6) is 0 Å². The zero-order valence-corrected chi connectivity index (χ0v) is 12.3. The molecule has 0 amide bonds. The minimum absolute atomic E-state index is 0.191. The Labute approximate surface area is 128 Å². The molecule has 0 saturated heterocycles. The van der Waals surface area contributed by atoms with Crippen molar-refractivity contribution in [3.8, 4) is 0 Å². The van der Waals surface area contributed by atoms with Gasteiger partial charge in [-0.1, -0.05) is 17.7 Å². The Balaban J connectivity index is 1.94. The molecule has 0 bridgehead atoms. The highest BCUT2D eigenvalue weighted by molar-refractivity contribution is 7.09. The van der Waals surface area contributed by atoms with Crippen molar-refractivity contribution in [2.75, 3.05) is 4.90 Å². The topological polar surface area (TPSA) is 29.0 Å². The number of thiophene rings is 1. The fraction of sp³-hybridized carbons (Fsp3) is 0.385. The van der Waals surface area contributed by atoms with E-state index in [1.165, 1.54) is 6.07 Å². The maximum absolute atomic E-state index is 12.8. The van der Waals surface area contributed by atoms with Gasteiger partial charge in [0, 0.05) is 17.0 Å². The normalized spacial score (nSPS) is 15.2. The monoisotopic (exact) mass is 333 g/mol. The number of rotatable bonds is 4. The zero-order chi connectivity index (χ0) is 15.0. The SMILES string of the molecule is FC(F)(F)c1nc(Cl)cc(N(Cc2cccs2)C2CC2)n1. The Bertz CT molecular complexity index is 626. The van der Waals surface area contributed by atoms with Crippen LogP contribution in [0.15, 0.2) is 23.6 Å². The van der Waals surface area contributed by atoms with Crippen molar-refractivity contribution < 1.29 is 13.2 Å². The lowest BCUT2D eigenvalue weighted by atomic mass is 10.3. The molecule has 0 N–H and O–H groups in total. The highest BCUT2D eigenvalue weighted by Gasteiger charge is 2.37. The van der Waals surface area contributed by atoms with Crippen LogP contribution in [0.3, 0.4) is 0 Å². The highest BCUT2D eigenvalue weighted by atomic mass is 35.5. The summed E-state index contributed by atoms with van der Waals surface area (Å²) in [7, 11) is 0. The van der Waals surface area contributed by atoms with Crippen molar-refractivity contribution in [2.45, 2.75) is 31.6 Å². The first-order chi connectivity index (χ1) is 9.93. The lowest BCUT2D eigenvalue weighted by molar-refractivity contribution is -0.144. The van der Waals surface area contributed by atoms with Gasteiger partial charge in [0.1, 0.15) is 11.0 Å². The molecule has 0 aliphatic heterocycles. The van der Waals surface area contributed by atoms with Gasteiger partial charge in [-0.3, -0.25) is 0 Å². The molecule has 0 unspecified atom stereocenters. The van der Waals surface area contributed by atoms with Crippen LogP contribution in [0.1, 0.15) is 23.5 Å². The number of aromatic nitrogens is 2. The maximum Gasteiger partial charge on any atom is 0.451 e. The van der Waals surface area contributed by atoms with E-state index in [4.69, 9.17) is 11.6 Å². The number of hydrogen-bond donors (Lipinski definition) is 0. The molecule has 2 aromatic rings. The fourth-order valence-electron chi connectivity index (χ4n) is 2.03. The van der Waals surface area contributed by atoms with E-state index in [2.05, 4.69) is 9.97 Å². The molecule has 21 heavy (non-hydrogen) atoms. The summed E-state index contributed by atoms with van der Waals surface area (Å²) >= 11 is 7.30. The van der Waals surface area contributed by atoms with Crippen LogP contribution in [-0.2, 0) is 12.7 Å². The molecule has 0 aromatic carbocycles. The number of anilines is 1. The van der Waals surface area contributed by atoms with Gasteiger partial charge in [-0.15, -0.1) is 11.3 Å². The Morgan fingerprint density at radius 1 is 1.33 bits per heavy atom. The maximum atomic E-state index is 12.8. The summed E-state index contributed by atoms with van der Waals surface area (Å²) in [4.78, 5) is 9.87. The molecule has 0 atom stereocenters. The number of nitrogens with zero attached hydrogens (tertiary/aromatic N) is 3. The van der Waals surface area contributed by atoms with E-state index in [-0.39, 0.29) is 17.0 Å². The van der Waals surface area contributed by atoms with Crippen LogP contribution in [0.4, 0.5) is 19.0 Å². The predicted octanol–water partition coefficient (Wildman–Crippen LogP) is 4.38. The van der Waals surface area contributed by atoms with Crippen LogP contribution < -0.4 is 4.90 Å². The van der Waals surface area contributed by atoms with Gasteiger partial charge in [-0.25, -0.2) is 9.97 Å². The number of halogens is 4. The van der Waals surface area contributed by atoms with Gasteiger partial charge in [0.2, 0.25) is 5.82 Å². The summed E-state index contributed by atoms with van der Waals surface area (Å²) in [5.74, 6) is -0.958. The van der Waals surface area contributed by atoms with Crippen molar-refractivity contribution in [2.24, 2.45) is 0 Å². The Morgan fingerprint density at radius 3 is 2.67 bits per heavy atom. The minimum atomic E-state index is -4.60. The van der Waals surface area contributed by atoms with Crippen LogP contribution in [0, 0.1) is 0 Å². The van der Waals surface area contributed by atoms with Gasteiger partial charge >= 0.3 is 6.18 Å². The van der Waals surface area contributed by atoms with E-state index in [1.54, 1.807) is 11.3 Å². The molecule has 1 fully saturated rings. The smallest absolute Gasteiger partial charge is 0.348 e. The molecule has 8 heteroatoms. The van der Waals surface area contributed by atoms with Crippen molar-refractivity contribution in [1.29, 1.82) is 0 Å². The number of hydrogen-bond acceptors (Lipinski definition) is 4. The molecule has 1 aliphatic carbocycles. The van der Waals surface area contributed by atoms with E-state index >= 15 is 0 Å². The predicted molar refractivity (Wildman–Crippen MR) is 75.6 cm³/mol. The lowest BCUT2D eigenvalue weighted by Gasteiger charge is -2.23. The summed E-state index contributed by atoms with van der Waals surface area (Å²) in [5, 5.41) is 1.75. The van der Waals surface area contributed by atoms with Crippen LogP contribution in [0.25, 0.3) is 0 Å². The third-order valence-electron chi connectivity index (χ3n) is 3.12. The van der Waals surface area contributed by atoms with Gasteiger partial charge < -0.3 is 4.90 Å². The summed E-state index contributed by atoms with van der Waals surface area (Å²) in [6.07, 6.45) is -2.69. The number of alkyl halides is 3. The third kappa shape index (κ3) is 3.47. The molecule has 2 heterocycles. The van der Waals surface area contributed by atoms with E-state index in [1.807, 2.05) is 22.4 Å². The summed E-state index contributed by atoms with van der Waals surface area (Å²) in [6.45, 7) is 0.535. The fourth-order valence-corrected chi connectivity index (χ4v) is 2.91. The van der Waals surface area contributed by atoms with Gasteiger partial charge in [0.05, 0.1) is 6.54 Å². The Morgan fingerprint density at radius 2 is 2.10 bits per heavy atom. The van der Waals surface area contributed by atoms with Crippen molar-refractivity contribution in [3.05, 3.63) is 39.4 Å². The molecule has 3 nitrogen and oxygen atoms in total. The summed E-state index contributed by atoms with van der Waals surface area (Å²) in [6, 6.07) is 5.48. The molecule has 1 aliphatic rings. The van der Waals surface area contributed by atoms with Gasteiger partial charge in [0.25, 0.3) is 0 Å². The van der Waals surface area contributed by atoms with E-state index in [0.29, 0.717) is 6.54 Å². The largest absolute Gasteiger partial charge is 0.451 e. The summed E-state index contributed by atoms with van der Waals surface area (Å²) in [5.41, 5.74) is 0. The van der Waals surface area contributed by atoms with E-state index < -0.39 is 12.0 Å². The third-order valence-corrected chi connectivity index (χ3v) is 4.18. The van der Waals surface area contributed by atoms with E-state index in [9.17, 15) is 13.2 Å². The molecule has 1 saturated carbocycles. The molecule has 0 spiro atoms. The molecular weight excluding hydrogens is 323 g/mol. The first-order valence-electron chi connectivity index (χ1n) is 6.34. The van der Waals surface area contributed by atoms with Gasteiger partial charge in [-0.05, 0) is 24.3 Å². The lowest BCUT2D eigenvalue weighted by Crippen LogP contribution is -2.27. The zero-order valence-electron chi connectivity index (χ0n) is 10.8. The van der Waals surface area contributed by atoms with Crippen molar-refractivity contribution in [1.82, 2.24) is 9.97 Å². The second-order valence-electron chi connectivity index (χ2n) is 4.81. The standard InChI is InChI=1S/C13H11ClF3N3S/c14-10-6-11(19-12(18-10)13(15,16)17)20(8-3-4-8)7-9-2-1-5-21-9/h1-2,5-6,8H,3-4,7H2. The van der Waals surface area contributed by atoms with Crippen molar-refractivity contribution in [3.63, 3.8) is 0 Å². The van der Waals surface area contributed by atoms with Gasteiger partial charge in [0.15, 0.2) is 0 Å². The quantitative estimate of drug-likeness (QED) is 0.777. The average molecular weight is 334 g/mol. The Hall–Kier alpha value is -1.34. The summed E-state index contributed by atoms with van der Waals surface area (Å²) < 4.78 is 38.4. The van der Waals surface area contributed by atoms with Crippen LogP contribution in [-0.4, -0.2) is 16.0 Å². The average Bonchev–Trinajstić information content (AvgIpc) is 3.11. The van der Waals surface area contributed by atoms with Crippen molar-refractivity contribution >= 4 is 28.8 Å². The van der Waals surface area contributed by atoms with E-state index in [0.717, 1.165) is 17.7 Å². The van der Waals surface area contributed by atoms with Crippen LogP contribution >= 0.6 is 22.9 Å². The second kappa shape index (κ2) is 5.46. The first kappa shape index (κ1) is 14.6. The molecule has 2 aromatic heterocycles. The first-order valence-corrected chi connectivity index (χ1v) is 7.60. The molecule has 3 rings (SSSR count). The van der Waals surface area contributed by atoms with Crippen LogP contribution in [0.2, 0.25) is 5.15 Å². The highest BCUT2D eigenvalue weighted by Crippen LogP contribution is 2.35. The van der Waals surface area contributed by atoms with Gasteiger partial charge in [-0.2, -0.15) is 13.2 Å². The molecule has 112 valence electrons. The second-order valence-corrected chi connectivity index (χ2v) is 6.23. The molecular formula is C13H11ClF3N3S.